The maximum atomic E-state index is 11.6. The van der Waals surface area contributed by atoms with Gasteiger partial charge in [-0.25, -0.2) is 4.79 Å². The van der Waals surface area contributed by atoms with Gasteiger partial charge in [-0.1, -0.05) is 22.9 Å². The zero-order chi connectivity index (χ0) is 16.5. The van der Waals surface area contributed by atoms with Crippen LogP contribution in [0, 0.1) is 0 Å². The minimum absolute atomic E-state index is 0.0627. The fourth-order valence-corrected chi connectivity index (χ4v) is 1.98. The molecule has 0 aliphatic rings. The predicted octanol–water partition coefficient (Wildman–Crippen LogP) is 2.93. The lowest BCUT2D eigenvalue weighted by molar-refractivity contribution is -0.144. The number of rotatable bonds is 7. The number of amides is 1. The molecule has 0 heterocycles. The smallest absolute Gasteiger partial charge is 0.331 e. The molecule has 0 aliphatic heterocycles. The Morgan fingerprint density at radius 3 is 2.77 bits per heavy atom. The van der Waals surface area contributed by atoms with Gasteiger partial charge < -0.3 is 14.8 Å². The van der Waals surface area contributed by atoms with E-state index in [-0.39, 0.29) is 18.6 Å². The highest BCUT2D eigenvalue weighted by Gasteiger charge is 2.08. The second-order valence-electron chi connectivity index (χ2n) is 4.70. The van der Waals surface area contributed by atoms with Gasteiger partial charge in [-0.3, -0.25) is 4.79 Å². The van der Waals surface area contributed by atoms with Gasteiger partial charge in [0.25, 0.3) is 5.91 Å². The lowest BCUT2D eigenvalue weighted by Crippen LogP contribution is -2.35. The molecule has 1 atom stereocenters. The Bertz CT molecular complexity index is 557. The number of carbonyl (C=O) groups excluding carboxylic acids is 2. The molecule has 0 fully saturated rings. The summed E-state index contributed by atoms with van der Waals surface area (Å²) in [6, 6.07) is 5.51. The highest BCUT2D eigenvalue weighted by atomic mass is 79.9. The van der Waals surface area contributed by atoms with Crippen LogP contribution in [0.25, 0.3) is 6.08 Å². The molecule has 0 radical (unpaired) electrons. The highest BCUT2D eigenvalue weighted by molar-refractivity contribution is 9.10. The average Bonchev–Trinajstić information content (AvgIpc) is 2.50. The molecule has 0 unspecified atom stereocenters. The first-order valence-corrected chi connectivity index (χ1v) is 7.73. The minimum Gasteiger partial charge on any atom is -0.496 e. The summed E-state index contributed by atoms with van der Waals surface area (Å²) >= 11 is 3.35. The fraction of sp³-hybridized carbons (Fsp3) is 0.375. The van der Waals surface area contributed by atoms with Crippen molar-refractivity contribution in [3.63, 3.8) is 0 Å². The maximum Gasteiger partial charge on any atom is 0.331 e. The van der Waals surface area contributed by atoms with Crippen LogP contribution in [-0.4, -0.2) is 31.6 Å². The lowest BCUT2D eigenvalue weighted by atomic mass is 10.2. The number of halogens is 1. The molecule has 1 rings (SSSR count). The molecule has 22 heavy (non-hydrogen) atoms. The quantitative estimate of drug-likeness (QED) is 0.592. The molecule has 0 spiro atoms. The second kappa shape index (κ2) is 9.25. The molecule has 1 aromatic rings. The summed E-state index contributed by atoms with van der Waals surface area (Å²) in [5, 5.41) is 2.72. The summed E-state index contributed by atoms with van der Waals surface area (Å²) in [6.45, 7) is 3.56. The highest BCUT2D eigenvalue weighted by Crippen LogP contribution is 2.24. The van der Waals surface area contributed by atoms with Crippen molar-refractivity contribution in [2.75, 3.05) is 13.7 Å². The first-order valence-electron chi connectivity index (χ1n) is 6.94. The standard InChI is InChI=1S/C16H20BrNO4/c1-4-11(2)18-15(19)10-22-16(20)8-5-12-9-13(17)6-7-14(12)21-3/h5-9,11H,4,10H2,1-3H3,(H,18,19)/b8-5+/t11-/m1/s1. The molecular formula is C16H20BrNO4. The minimum atomic E-state index is -0.582. The van der Waals surface area contributed by atoms with Gasteiger partial charge in [0.1, 0.15) is 5.75 Å². The van der Waals surface area contributed by atoms with Gasteiger partial charge in [-0.15, -0.1) is 0 Å². The normalized spacial score (nSPS) is 12.0. The van der Waals surface area contributed by atoms with Gasteiger partial charge in [0, 0.05) is 22.2 Å². The Balaban J connectivity index is 2.55. The summed E-state index contributed by atoms with van der Waals surface area (Å²) in [5.74, 6) is -0.251. The van der Waals surface area contributed by atoms with E-state index in [0.29, 0.717) is 5.75 Å². The first-order chi connectivity index (χ1) is 10.5. The summed E-state index contributed by atoms with van der Waals surface area (Å²) in [7, 11) is 1.55. The maximum absolute atomic E-state index is 11.6. The molecular weight excluding hydrogens is 350 g/mol. The summed E-state index contributed by atoms with van der Waals surface area (Å²) < 4.78 is 11.0. The van der Waals surface area contributed by atoms with Crippen molar-refractivity contribution in [2.24, 2.45) is 0 Å². The van der Waals surface area contributed by atoms with Crippen LogP contribution in [0.2, 0.25) is 0 Å². The predicted molar refractivity (Wildman–Crippen MR) is 88.6 cm³/mol. The zero-order valence-electron chi connectivity index (χ0n) is 12.9. The van der Waals surface area contributed by atoms with Crippen molar-refractivity contribution in [3.05, 3.63) is 34.3 Å². The van der Waals surface area contributed by atoms with E-state index in [2.05, 4.69) is 21.2 Å². The Morgan fingerprint density at radius 1 is 1.41 bits per heavy atom. The van der Waals surface area contributed by atoms with Crippen LogP contribution < -0.4 is 10.1 Å². The summed E-state index contributed by atoms with van der Waals surface area (Å²) in [6.07, 6.45) is 3.67. The van der Waals surface area contributed by atoms with Crippen LogP contribution in [0.5, 0.6) is 5.75 Å². The fourth-order valence-electron chi connectivity index (χ4n) is 1.60. The van der Waals surface area contributed by atoms with E-state index in [0.717, 1.165) is 16.5 Å². The van der Waals surface area contributed by atoms with Gasteiger partial charge in [0.15, 0.2) is 6.61 Å². The third kappa shape index (κ3) is 6.30. The van der Waals surface area contributed by atoms with Crippen molar-refractivity contribution in [3.8, 4) is 5.75 Å². The number of hydrogen-bond donors (Lipinski definition) is 1. The van der Waals surface area contributed by atoms with Crippen molar-refractivity contribution in [1.82, 2.24) is 5.32 Å². The molecule has 1 amide bonds. The van der Waals surface area contributed by atoms with E-state index < -0.39 is 5.97 Å². The second-order valence-corrected chi connectivity index (χ2v) is 5.62. The van der Waals surface area contributed by atoms with Gasteiger partial charge >= 0.3 is 5.97 Å². The number of hydrogen-bond acceptors (Lipinski definition) is 4. The van der Waals surface area contributed by atoms with E-state index in [9.17, 15) is 9.59 Å². The number of esters is 1. The van der Waals surface area contributed by atoms with Crippen molar-refractivity contribution < 1.29 is 19.1 Å². The van der Waals surface area contributed by atoms with E-state index >= 15 is 0 Å². The van der Waals surface area contributed by atoms with Crippen molar-refractivity contribution in [1.29, 1.82) is 0 Å². The SMILES string of the molecule is CC[C@@H](C)NC(=O)COC(=O)/C=C/c1cc(Br)ccc1OC. The van der Waals surface area contributed by atoms with Crippen LogP contribution >= 0.6 is 15.9 Å². The topological polar surface area (TPSA) is 64.6 Å². The van der Waals surface area contributed by atoms with Gasteiger partial charge in [0.05, 0.1) is 7.11 Å². The summed E-state index contributed by atoms with van der Waals surface area (Å²) in [4.78, 5) is 23.1. The van der Waals surface area contributed by atoms with Gasteiger partial charge in [-0.2, -0.15) is 0 Å². The molecule has 5 nitrogen and oxygen atoms in total. The van der Waals surface area contributed by atoms with Gasteiger partial charge in [-0.05, 0) is 37.6 Å². The Hall–Kier alpha value is -1.82. The van der Waals surface area contributed by atoms with Crippen LogP contribution in [0.1, 0.15) is 25.8 Å². The van der Waals surface area contributed by atoms with Crippen LogP contribution in [0.3, 0.4) is 0 Å². The van der Waals surface area contributed by atoms with E-state index in [1.54, 1.807) is 19.3 Å². The molecule has 120 valence electrons. The monoisotopic (exact) mass is 369 g/mol. The average molecular weight is 370 g/mol. The van der Waals surface area contributed by atoms with Crippen LogP contribution in [0.15, 0.2) is 28.7 Å². The molecule has 1 N–H and O–H groups in total. The zero-order valence-corrected chi connectivity index (χ0v) is 14.5. The number of carbonyl (C=O) groups is 2. The Labute approximate surface area is 138 Å². The molecule has 6 heteroatoms. The number of benzene rings is 1. The van der Waals surface area contributed by atoms with E-state index in [4.69, 9.17) is 9.47 Å². The molecule has 0 aliphatic carbocycles. The molecule has 0 aromatic heterocycles. The number of nitrogens with one attached hydrogen (secondary N) is 1. The lowest BCUT2D eigenvalue weighted by Gasteiger charge is -2.10. The van der Waals surface area contributed by atoms with Gasteiger partial charge in [0.2, 0.25) is 0 Å². The Morgan fingerprint density at radius 2 is 2.14 bits per heavy atom. The van der Waals surface area contributed by atoms with Crippen LogP contribution in [-0.2, 0) is 14.3 Å². The van der Waals surface area contributed by atoms with E-state index in [1.807, 2.05) is 26.0 Å². The molecule has 0 bridgehead atoms. The number of ether oxygens (including phenoxy) is 2. The third-order valence-electron chi connectivity index (χ3n) is 2.96. The number of methoxy groups -OCH3 is 1. The van der Waals surface area contributed by atoms with Crippen molar-refractivity contribution >= 4 is 33.9 Å². The third-order valence-corrected chi connectivity index (χ3v) is 3.45. The van der Waals surface area contributed by atoms with Crippen molar-refractivity contribution in [2.45, 2.75) is 26.3 Å². The first kappa shape index (κ1) is 18.2. The molecule has 0 saturated heterocycles. The summed E-state index contributed by atoms with van der Waals surface area (Å²) in [5.41, 5.74) is 0.734. The Kier molecular flexibility index (Phi) is 7.66. The molecule has 1 aromatic carbocycles. The van der Waals surface area contributed by atoms with Crippen LogP contribution in [0.4, 0.5) is 0 Å². The largest absolute Gasteiger partial charge is 0.496 e. The molecule has 0 saturated carbocycles. The van der Waals surface area contributed by atoms with E-state index in [1.165, 1.54) is 6.08 Å².